The normalized spacial score (nSPS) is 13.3. The van der Waals surface area contributed by atoms with Crippen LogP contribution in [0.4, 0.5) is 0 Å². The summed E-state index contributed by atoms with van der Waals surface area (Å²) in [5, 5.41) is 0. The first-order chi connectivity index (χ1) is 30.1. The van der Waals surface area contributed by atoms with Gasteiger partial charge in [0.25, 0.3) is 0 Å². The minimum absolute atomic E-state index is 0.0217. The van der Waals surface area contributed by atoms with E-state index in [0.29, 0.717) is 17.4 Å². The maximum absolute atomic E-state index is 12.8. The number of quaternary nitrogens is 1. The number of ether oxygens (including phenoxy) is 2. The van der Waals surface area contributed by atoms with E-state index in [4.69, 9.17) is 27.4 Å². The average Bonchev–Trinajstić information content (AvgIpc) is 3.71. The zero-order valence-corrected chi connectivity index (χ0v) is 42.2. The first-order valence-electron chi connectivity index (χ1n) is 25.1. The van der Waals surface area contributed by atoms with Crippen LogP contribution in [0, 0.1) is 20.8 Å². The smallest absolute Gasteiger partial charge is 0.466 e. The third-order valence-electron chi connectivity index (χ3n) is 12.0. The molecule has 2 heterocycles. The van der Waals surface area contributed by atoms with Crippen LogP contribution in [0.15, 0.2) is 14.9 Å². The Labute approximate surface area is 383 Å². The summed E-state index contributed by atoms with van der Waals surface area (Å²) in [7, 11) is 1.45. The second kappa shape index (κ2) is 33.1. The highest BCUT2D eigenvalue weighted by atomic mass is 31.2. The van der Waals surface area contributed by atoms with E-state index in [1.165, 1.54) is 105 Å². The average molecular weight is 909 g/mol. The molecule has 0 aromatic carbocycles. The van der Waals surface area contributed by atoms with Gasteiger partial charge in [0.1, 0.15) is 42.8 Å². The Morgan fingerprint density at radius 2 is 1.08 bits per heavy atom. The second-order valence-electron chi connectivity index (χ2n) is 19.0. The van der Waals surface area contributed by atoms with Gasteiger partial charge in [-0.2, -0.15) is 0 Å². The molecule has 2 rings (SSSR count). The molecule has 0 aliphatic carbocycles. The zero-order chi connectivity index (χ0) is 46.4. The quantitative estimate of drug-likeness (QED) is 0.0298. The van der Waals surface area contributed by atoms with Gasteiger partial charge in [0.05, 0.1) is 27.7 Å². The monoisotopic (exact) mass is 909 g/mol. The summed E-state index contributed by atoms with van der Waals surface area (Å²) in [6, 6.07) is 2.18. The third kappa shape index (κ3) is 27.6. The van der Waals surface area contributed by atoms with Gasteiger partial charge < -0.3 is 27.7 Å². The van der Waals surface area contributed by atoms with Crippen molar-refractivity contribution in [1.29, 1.82) is 0 Å². The van der Waals surface area contributed by atoms with E-state index in [9.17, 15) is 19.0 Å². The first-order valence-corrected chi connectivity index (χ1v) is 26.6. The molecule has 2 aromatic heterocycles. The highest BCUT2D eigenvalue weighted by Gasteiger charge is 2.27. The van der Waals surface area contributed by atoms with Crippen molar-refractivity contribution in [2.45, 2.75) is 221 Å². The zero-order valence-electron chi connectivity index (χ0n) is 41.3. The number of carbonyl (C=O) groups excluding carboxylic acids is 2. The number of phosphoric ester groups is 1. The number of hydrogen-bond acceptors (Lipinski definition) is 9. The van der Waals surface area contributed by atoms with Gasteiger partial charge in [0.15, 0.2) is 6.10 Å². The Balaban J connectivity index is 1.60. The van der Waals surface area contributed by atoms with Crippen molar-refractivity contribution in [3.63, 3.8) is 0 Å². The maximum atomic E-state index is 12.8. The molecule has 0 amide bonds. The van der Waals surface area contributed by atoms with Gasteiger partial charge in [-0.1, -0.05) is 117 Å². The Morgan fingerprint density at radius 3 is 1.59 bits per heavy atom. The molecule has 2 aromatic rings. The van der Waals surface area contributed by atoms with Gasteiger partial charge in [-0.25, -0.2) is 4.57 Å². The fourth-order valence-electron chi connectivity index (χ4n) is 7.79. The third-order valence-corrected chi connectivity index (χ3v) is 12.9. The molecule has 12 heteroatoms. The number of hydrogen-bond donors (Lipinski definition) is 1. The van der Waals surface area contributed by atoms with Crippen molar-refractivity contribution >= 4 is 19.8 Å². The van der Waals surface area contributed by atoms with E-state index in [-0.39, 0.29) is 32.0 Å². The van der Waals surface area contributed by atoms with E-state index >= 15 is 0 Å². The van der Waals surface area contributed by atoms with E-state index in [1.54, 1.807) is 0 Å². The number of rotatable bonds is 40. The van der Waals surface area contributed by atoms with Gasteiger partial charge in [0.2, 0.25) is 0 Å². The molecule has 2 unspecified atom stereocenters. The highest BCUT2D eigenvalue weighted by molar-refractivity contribution is 7.47. The predicted molar refractivity (Wildman–Crippen MR) is 254 cm³/mol. The molecule has 0 aliphatic rings. The maximum Gasteiger partial charge on any atom is 0.472 e. The summed E-state index contributed by atoms with van der Waals surface area (Å²) < 4.78 is 46.8. The van der Waals surface area contributed by atoms with E-state index in [1.807, 2.05) is 21.1 Å². The number of phosphoric acid groups is 1. The molecule has 0 spiro atoms. The van der Waals surface area contributed by atoms with Crippen LogP contribution in [0.2, 0.25) is 0 Å². The number of furan rings is 2. The second-order valence-corrected chi connectivity index (χ2v) is 20.4. The lowest BCUT2D eigenvalue weighted by molar-refractivity contribution is -0.870. The lowest BCUT2D eigenvalue weighted by Crippen LogP contribution is -2.37. The van der Waals surface area contributed by atoms with Crippen molar-refractivity contribution in [2.24, 2.45) is 0 Å². The summed E-state index contributed by atoms with van der Waals surface area (Å²) in [4.78, 5) is 35.7. The van der Waals surface area contributed by atoms with Crippen LogP contribution >= 0.6 is 7.82 Å². The summed E-state index contributed by atoms with van der Waals surface area (Å²) in [5.74, 6) is 3.78. The predicted octanol–water partition coefficient (Wildman–Crippen LogP) is 13.4. The lowest BCUT2D eigenvalue weighted by atomic mass is 10.0. The first kappa shape index (κ1) is 56.7. The van der Waals surface area contributed by atoms with Crippen LogP contribution in [-0.4, -0.2) is 74.9 Å². The number of aryl methyl sites for hydroxylation is 5. The topological polar surface area (TPSA) is 135 Å². The summed E-state index contributed by atoms with van der Waals surface area (Å²) in [6.45, 7) is 10.8. The number of esters is 2. The number of nitrogens with zero attached hydrogens (tertiary/aromatic N) is 1. The molecule has 0 aliphatic heterocycles. The standard InChI is InChI=1S/C51H90NO10P/c1-9-11-26-33-48-43(4)44(5)49(62-48)34-28-23-19-14-12-13-15-20-24-29-35-50(53)57-40-46(41-59-63(55,56)58-38-37-52(6,7)8)61-51(54)36-30-25-21-17-16-18-22-27-32-47-42(3)39-45(60-47)31-10-2/h39,46H,9-38,40-41H2,1-8H3/p+1. The fourth-order valence-corrected chi connectivity index (χ4v) is 8.53. The van der Waals surface area contributed by atoms with Crippen molar-refractivity contribution in [2.75, 3.05) is 47.5 Å². The molecule has 63 heavy (non-hydrogen) atoms. The fraction of sp³-hybridized carbons (Fsp3) is 0.804. The lowest BCUT2D eigenvalue weighted by Gasteiger charge is -2.24. The molecule has 0 bridgehead atoms. The molecule has 0 saturated heterocycles. The van der Waals surface area contributed by atoms with Crippen LogP contribution in [0.5, 0.6) is 0 Å². The molecule has 11 nitrogen and oxygen atoms in total. The molecule has 0 fully saturated rings. The van der Waals surface area contributed by atoms with E-state index in [2.05, 4.69) is 40.7 Å². The van der Waals surface area contributed by atoms with Crippen LogP contribution in [-0.2, 0) is 58.4 Å². The SMILES string of the molecule is CCCCCc1oc(CCCCCCCCCCCCC(=O)OCC(COP(=O)(O)OCC[N+](C)(C)C)OC(=O)CCCCCCCCCCc2oc(CCC)cc2C)c(C)c1C. The Kier molecular flexibility index (Phi) is 29.8. The van der Waals surface area contributed by atoms with Gasteiger partial charge in [0, 0.05) is 38.5 Å². The Bertz CT molecular complexity index is 1560. The number of unbranched alkanes of at least 4 members (excludes halogenated alkanes) is 18. The van der Waals surface area contributed by atoms with Crippen LogP contribution in [0.1, 0.15) is 208 Å². The molecule has 364 valence electrons. The summed E-state index contributed by atoms with van der Waals surface area (Å²) >= 11 is 0. The van der Waals surface area contributed by atoms with Gasteiger partial charge in [-0.05, 0) is 82.1 Å². The summed E-state index contributed by atoms with van der Waals surface area (Å²) in [5.41, 5.74) is 3.96. The Hall–Kier alpha value is -2.43. The minimum Gasteiger partial charge on any atom is -0.466 e. The number of carbonyl (C=O) groups is 2. The molecule has 1 N–H and O–H groups in total. The van der Waals surface area contributed by atoms with E-state index in [0.717, 1.165) is 95.0 Å². The molecule has 0 radical (unpaired) electrons. The van der Waals surface area contributed by atoms with Crippen molar-refractivity contribution < 1.29 is 50.9 Å². The van der Waals surface area contributed by atoms with Gasteiger partial charge in [-0.3, -0.25) is 18.6 Å². The van der Waals surface area contributed by atoms with Crippen LogP contribution < -0.4 is 0 Å². The van der Waals surface area contributed by atoms with Gasteiger partial charge in [-0.15, -0.1) is 0 Å². The van der Waals surface area contributed by atoms with E-state index < -0.39 is 26.5 Å². The molecule has 2 atom stereocenters. The Morgan fingerprint density at radius 1 is 0.603 bits per heavy atom. The van der Waals surface area contributed by atoms with Gasteiger partial charge >= 0.3 is 19.8 Å². The molecular formula is C51H91NO10P+. The van der Waals surface area contributed by atoms with Crippen molar-refractivity contribution in [3.8, 4) is 0 Å². The van der Waals surface area contributed by atoms with Crippen LogP contribution in [0.25, 0.3) is 0 Å². The number of likely N-dealkylation sites (N-methyl/N-ethyl adjacent to an activating group) is 1. The van der Waals surface area contributed by atoms with Crippen molar-refractivity contribution in [3.05, 3.63) is 45.8 Å². The summed E-state index contributed by atoms with van der Waals surface area (Å²) in [6.07, 6.45) is 28.0. The molecule has 0 saturated carbocycles. The highest BCUT2D eigenvalue weighted by Crippen LogP contribution is 2.43. The largest absolute Gasteiger partial charge is 0.472 e. The van der Waals surface area contributed by atoms with Crippen molar-refractivity contribution in [1.82, 2.24) is 0 Å². The van der Waals surface area contributed by atoms with Crippen LogP contribution in [0.3, 0.4) is 0 Å². The molecular weight excluding hydrogens is 818 g/mol. The minimum atomic E-state index is -4.40.